The SMILES string of the molecule is O=C(NCC1CCN(c2ccncc2)CC1)C(=O)Nc1ccc(F)cc1. The summed E-state index contributed by atoms with van der Waals surface area (Å²) in [5.74, 6) is -1.47. The van der Waals surface area contributed by atoms with Gasteiger partial charge in [-0.15, -0.1) is 0 Å². The maximum Gasteiger partial charge on any atom is 0.313 e. The number of rotatable bonds is 4. The van der Waals surface area contributed by atoms with Crippen LogP contribution in [0.5, 0.6) is 0 Å². The van der Waals surface area contributed by atoms with Gasteiger partial charge in [-0.1, -0.05) is 0 Å². The summed E-state index contributed by atoms with van der Waals surface area (Å²) in [5, 5.41) is 5.14. The molecule has 0 unspecified atom stereocenters. The number of anilines is 2. The van der Waals surface area contributed by atoms with Crippen molar-refractivity contribution >= 4 is 23.2 Å². The van der Waals surface area contributed by atoms with Crippen molar-refractivity contribution in [1.29, 1.82) is 0 Å². The third kappa shape index (κ3) is 4.78. The van der Waals surface area contributed by atoms with Gasteiger partial charge < -0.3 is 15.5 Å². The van der Waals surface area contributed by atoms with E-state index in [1.54, 1.807) is 12.4 Å². The van der Waals surface area contributed by atoms with Crippen LogP contribution in [0.3, 0.4) is 0 Å². The highest BCUT2D eigenvalue weighted by Gasteiger charge is 2.21. The van der Waals surface area contributed by atoms with Crippen LogP contribution >= 0.6 is 0 Å². The number of pyridine rings is 1. The quantitative estimate of drug-likeness (QED) is 0.824. The van der Waals surface area contributed by atoms with E-state index in [9.17, 15) is 14.0 Å². The molecule has 2 N–H and O–H groups in total. The fraction of sp³-hybridized carbons (Fsp3) is 0.316. The van der Waals surface area contributed by atoms with Gasteiger partial charge in [-0.05, 0) is 55.2 Å². The van der Waals surface area contributed by atoms with E-state index in [1.807, 2.05) is 12.1 Å². The number of nitrogens with one attached hydrogen (secondary N) is 2. The molecule has 26 heavy (non-hydrogen) atoms. The minimum atomic E-state index is -0.745. The molecule has 6 nitrogen and oxygen atoms in total. The lowest BCUT2D eigenvalue weighted by atomic mass is 9.96. The first-order valence-corrected chi connectivity index (χ1v) is 8.61. The Morgan fingerprint density at radius 3 is 2.35 bits per heavy atom. The van der Waals surface area contributed by atoms with Gasteiger partial charge in [0.25, 0.3) is 0 Å². The van der Waals surface area contributed by atoms with Crippen molar-refractivity contribution in [3.63, 3.8) is 0 Å². The Morgan fingerprint density at radius 1 is 1.04 bits per heavy atom. The second-order valence-corrected chi connectivity index (χ2v) is 6.31. The van der Waals surface area contributed by atoms with Gasteiger partial charge in [0, 0.05) is 43.4 Å². The molecule has 1 aliphatic rings. The first-order chi connectivity index (χ1) is 12.6. The van der Waals surface area contributed by atoms with Crippen LogP contribution in [0.25, 0.3) is 0 Å². The van der Waals surface area contributed by atoms with Gasteiger partial charge in [0.1, 0.15) is 5.82 Å². The van der Waals surface area contributed by atoms with Crippen LogP contribution in [0.15, 0.2) is 48.8 Å². The van der Waals surface area contributed by atoms with E-state index in [4.69, 9.17) is 0 Å². The maximum atomic E-state index is 12.8. The highest BCUT2D eigenvalue weighted by molar-refractivity contribution is 6.39. The summed E-state index contributed by atoms with van der Waals surface area (Å²) in [5.41, 5.74) is 1.54. The minimum Gasteiger partial charge on any atom is -0.371 e. The number of halogens is 1. The smallest absolute Gasteiger partial charge is 0.313 e. The second kappa shape index (κ2) is 8.42. The van der Waals surface area contributed by atoms with Crippen LogP contribution < -0.4 is 15.5 Å². The van der Waals surface area contributed by atoms with Crippen LogP contribution in [0.4, 0.5) is 15.8 Å². The lowest BCUT2D eigenvalue weighted by Gasteiger charge is -2.33. The summed E-state index contributed by atoms with van der Waals surface area (Å²) in [6.45, 7) is 2.29. The number of hydrogen-bond donors (Lipinski definition) is 2. The number of aromatic nitrogens is 1. The fourth-order valence-electron chi connectivity index (χ4n) is 2.99. The van der Waals surface area contributed by atoms with Gasteiger partial charge in [0.15, 0.2) is 0 Å². The van der Waals surface area contributed by atoms with Crippen molar-refractivity contribution in [2.45, 2.75) is 12.8 Å². The molecule has 0 aliphatic carbocycles. The number of carbonyl (C=O) groups is 2. The first-order valence-electron chi connectivity index (χ1n) is 8.61. The Morgan fingerprint density at radius 2 is 1.69 bits per heavy atom. The Balaban J connectivity index is 1.41. The van der Waals surface area contributed by atoms with E-state index in [1.165, 1.54) is 24.3 Å². The predicted molar refractivity (Wildman–Crippen MR) is 97.2 cm³/mol. The highest BCUT2D eigenvalue weighted by Crippen LogP contribution is 2.22. The fourth-order valence-corrected chi connectivity index (χ4v) is 2.99. The van der Waals surface area contributed by atoms with Crippen LogP contribution in [-0.2, 0) is 9.59 Å². The number of amides is 2. The molecular formula is C19H21FN4O2. The summed E-state index contributed by atoms with van der Waals surface area (Å²) < 4.78 is 12.8. The van der Waals surface area contributed by atoms with Crippen LogP contribution in [0, 0.1) is 11.7 Å². The Kier molecular flexibility index (Phi) is 5.78. The van der Waals surface area contributed by atoms with Gasteiger partial charge in [-0.2, -0.15) is 0 Å². The Labute approximate surface area is 151 Å². The summed E-state index contributed by atoms with van der Waals surface area (Å²) >= 11 is 0. The molecule has 1 aliphatic heterocycles. The monoisotopic (exact) mass is 356 g/mol. The van der Waals surface area contributed by atoms with Crippen molar-refractivity contribution in [2.75, 3.05) is 29.9 Å². The lowest BCUT2D eigenvalue weighted by Crippen LogP contribution is -2.41. The van der Waals surface area contributed by atoms with Crippen LogP contribution in [0.2, 0.25) is 0 Å². The zero-order valence-electron chi connectivity index (χ0n) is 14.3. The summed E-state index contributed by atoms with van der Waals surface area (Å²) in [7, 11) is 0. The Hall–Kier alpha value is -2.96. The molecular weight excluding hydrogens is 335 g/mol. The zero-order valence-corrected chi connectivity index (χ0v) is 14.3. The molecule has 1 saturated heterocycles. The molecule has 0 spiro atoms. The molecule has 3 rings (SSSR count). The van der Waals surface area contributed by atoms with E-state index < -0.39 is 17.6 Å². The predicted octanol–water partition coefficient (Wildman–Crippen LogP) is 2.19. The summed E-state index contributed by atoms with van der Waals surface area (Å²) in [4.78, 5) is 30.1. The third-order valence-corrected chi connectivity index (χ3v) is 4.50. The van der Waals surface area contributed by atoms with Crippen LogP contribution in [0.1, 0.15) is 12.8 Å². The minimum absolute atomic E-state index is 0.343. The number of carbonyl (C=O) groups excluding carboxylic acids is 2. The molecule has 0 bridgehead atoms. The van der Waals surface area contributed by atoms with Crippen LogP contribution in [-0.4, -0.2) is 36.4 Å². The number of piperidine rings is 1. The summed E-state index contributed by atoms with van der Waals surface area (Å²) in [6.07, 6.45) is 5.45. The van der Waals surface area contributed by atoms with Crippen molar-refractivity contribution in [1.82, 2.24) is 10.3 Å². The van der Waals surface area contributed by atoms with E-state index in [2.05, 4.69) is 20.5 Å². The molecule has 2 amide bonds. The van der Waals surface area contributed by atoms with Crippen molar-refractivity contribution in [3.05, 3.63) is 54.6 Å². The van der Waals surface area contributed by atoms with E-state index in [0.717, 1.165) is 31.6 Å². The lowest BCUT2D eigenvalue weighted by molar-refractivity contribution is -0.136. The average Bonchev–Trinajstić information content (AvgIpc) is 2.69. The van der Waals surface area contributed by atoms with E-state index >= 15 is 0 Å². The molecule has 0 saturated carbocycles. The normalized spacial score (nSPS) is 14.7. The molecule has 1 aromatic carbocycles. The largest absolute Gasteiger partial charge is 0.371 e. The number of hydrogen-bond acceptors (Lipinski definition) is 4. The van der Waals surface area contributed by atoms with Crippen molar-refractivity contribution in [2.24, 2.45) is 5.92 Å². The Bertz CT molecular complexity index is 744. The molecule has 1 aromatic heterocycles. The van der Waals surface area contributed by atoms with Gasteiger partial charge in [-0.25, -0.2) is 4.39 Å². The second-order valence-electron chi connectivity index (χ2n) is 6.31. The number of benzene rings is 1. The first kappa shape index (κ1) is 17.8. The van der Waals surface area contributed by atoms with Gasteiger partial charge in [-0.3, -0.25) is 14.6 Å². The molecule has 2 heterocycles. The van der Waals surface area contributed by atoms with Gasteiger partial charge in [0.2, 0.25) is 0 Å². The number of nitrogens with zero attached hydrogens (tertiary/aromatic N) is 2. The van der Waals surface area contributed by atoms with E-state index in [0.29, 0.717) is 18.2 Å². The standard InChI is InChI=1S/C19H21FN4O2/c20-15-1-3-16(4-2-15)23-19(26)18(25)22-13-14-7-11-24(12-8-14)17-5-9-21-10-6-17/h1-6,9-10,14H,7-8,11-13H2,(H,22,25)(H,23,26). The summed E-state index contributed by atoms with van der Waals surface area (Å²) in [6, 6.07) is 9.25. The molecule has 0 radical (unpaired) electrons. The molecule has 1 fully saturated rings. The van der Waals surface area contributed by atoms with Gasteiger partial charge >= 0.3 is 11.8 Å². The van der Waals surface area contributed by atoms with E-state index in [-0.39, 0.29) is 0 Å². The topological polar surface area (TPSA) is 74.3 Å². The van der Waals surface area contributed by atoms with Crippen molar-refractivity contribution < 1.29 is 14.0 Å². The molecule has 0 atom stereocenters. The molecule has 2 aromatic rings. The highest BCUT2D eigenvalue weighted by atomic mass is 19.1. The maximum absolute atomic E-state index is 12.8. The van der Waals surface area contributed by atoms with Crippen molar-refractivity contribution in [3.8, 4) is 0 Å². The van der Waals surface area contributed by atoms with Gasteiger partial charge in [0.05, 0.1) is 0 Å². The molecule has 136 valence electrons. The zero-order chi connectivity index (χ0) is 18.4. The average molecular weight is 356 g/mol. The molecule has 7 heteroatoms. The third-order valence-electron chi connectivity index (χ3n) is 4.50.